The summed E-state index contributed by atoms with van der Waals surface area (Å²) in [7, 11) is 3.15. The van der Waals surface area contributed by atoms with Crippen molar-refractivity contribution in [3.05, 3.63) is 0 Å². The number of methoxy groups -OCH3 is 2. The van der Waals surface area contributed by atoms with E-state index in [-0.39, 0.29) is 11.9 Å². The smallest absolute Gasteiger partial charge is 0.305 e. The number of hydrogen-bond donors (Lipinski definition) is 0. The van der Waals surface area contributed by atoms with E-state index in [0.29, 0.717) is 12.5 Å². The highest BCUT2D eigenvalue weighted by atomic mass is 16.5. The maximum Gasteiger partial charge on any atom is 0.305 e. The Labute approximate surface area is 115 Å². The highest BCUT2D eigenvalue weighted by Gasteiger charge is 2.23. The highest BCUT2D eigenvalue weighted by Crippen LogP contribution is 2.19. The van der Waals surface area contributed by atoms with Gasteiger partial charge in [0.1, 0.15) is 0 Å². The Hall–Kier alpha value is -1.10. The van der Waals surface area contributed by atoms with Crippen LogP contribution in [0, 0.1) is 5.92 Å². The van der Waals surface area contributed by atoms with Crippen molar-refractivity contribution in [1.82, 2.24) is 5.01 Å². The first kappa shape index (κ1) is 16.0. The van der Waals surface area contributed by atoms with Crippen LogP contribution in [0.4, 0.5) is 0 Å². The number of nitrogens with zero attached hydrogens (tertiary/aromatic N) is 2. The zero-order chi connectivity index (χ0) is 14.3. The molecule has 0 aliphatic carbocycles. The van der Waals surface area contributed by atoms with E-state index >= 15 is 0 Å². The van der Waals surface area contributed by atoms with Gasteiger partial charge in [-0.3, -0.25) is 9.80 Å². The summed E-state index contributed by atoms with van der Waals surface area (Å²) in [5.41, 5.74) is 1.07. The third kappa shape index (κ3) is 5.59. The number of ether oxygens (including phenoxy) is 2. The van der Waals surface area contributed by atoms with Crippen LogP contribution in [0.3, 0.4) is 0 Å². The standard InChI is InChI=1S/C14H26N2O3/c1-11(9-14(17)19-4)8-12(2)15-16-7-5-6-13(16)10-18-3/h11,13H,5-10H2,1-4H3/b15-12-/t11-,13+/m1/s1. The molecule has 0 amide bonds. The van der Waals surface area contributed by atoms with Gasteiger partial charge in [0.15, 0.2) is 0 Å². The second kappa shape index (κ2) is 8.15. The van der Waals surface area contributed by atoms with Crippen molar-refractivity contribution < 1.29 is 14.3 Å². The van der Waals surface area contributed by atoms with Gasteiger partial charge in [-0.1, -0.05) is 6.92 Å². The maximum atomic E-state index is 11.2. The fourth-order valence-corrected chi connectivity index (χ4v) is 2.52. The van der Waals surface area contributed by atoms with Gasteiger partial charge in [-0.25, -0.2) is 0 Å². The third-order valence-corrected chi connectivity index (χ3v) is 3.39. The summed E-state index contributed by atoms with van der Waals surface area (Å²) in [4.78, 5) is 11.2. The van der Waals surface area contributed by atoms with E-state index in [1.54, 1.807) is 7.11 Å². The van der Waals surface area contributed by atoms with Crippen molar-refractivity contribution >= 4 is 11.7 Å². The lowest BCUT2D eigenvalue weighted by atomic mass is 10.0. The molecule has 5 heteroatoms. The van der Waals surface area contributed by atoms with E-state index < -0.39 is 0 Å². The molecule has 2 atom stereocenters. The lowest BCUT2D eigenvalue weighted by molar-refractivity contribution is -0.141. The van der Waals surface area contributed by atoms with E-state index in [0.717, 1.165) is 31.7 Å². The zero-order valence-electron chi connectivity index (χ0n) is 12.5. The average molecular weight is 270 g/mol. The molecule has 0 aromatic rings. The molecule has 0 bridgehead atoms. The maximum absolute atomic E-state index is 11.2. The fourth-order valence-electron chi connectivity index (χ4n) is 2.52. The van der Waals surface area contributed by atoms with E-state index in [1.165, 1.54) is 13.5 Å². The Bertz CT molecular complexity index is 318. The fraction of sp³-hybridized carbons (Fsp3) is 0.857. The molecule has 1 aliphatic rings. The molecule has 5 nitrogen and oxygen atoms in total. The van der Waals surface area contributed by atoms with Gasteiger partial charge < -0.3 is 9.47 Å². The van der Waals surface area contributed by atoms with Gasteiger partial charge in [0.05, 0.1) is 19.8 Å². The molecule has 110 valence electrons. The van der Waals surface area contributed by atoms with Crippen LogP contribution in [-0.2, 0) is 14.3 Å². The van der Waals surface area contributed by atoms with Gasteiger partial charge in [0, 0.05) is 25.8 Å². The molecule has 0 unspecified atom stereocenters. The van der Waals surface area contributed by atoms with Gasteiger partial charge in [0.2, 0.25) is 0 Å². The molecular formula is C14H26N2O3. The minimum Gasteiger partial charge on any atom is -0.469 e. The summed E-state index contributed by atoms with van der Waals surface area (Å²) >= 11 is 0. The van der Waals surface area contributed by atoms with Crippen molar-refractivity contribution in [2.75, 3.05) is 27.4 Å². The van der Waals surface area contributed by atoms with Gasteiger partial charge >= 0.3 is 5.97 Å². The van der Waals surface area contributed by atoms with Crippen molar-refractivity contribution in [1.29, 1.82) is 0 Å². The number of carbonyl (C=O) groups is 1. The van der Waals surface area contributed by atoms with Gasteiger partial charge in [-0.2, -0.15) is 5.10 Å². The quantitative estimate of drug-likeness (QED) is 0.525. The number of hydrazone groups is 1. The lowest BCUT2D eigenvalue weighted by Gasteiger charge is -2.22. The molecular weight excluding hydrogens is 244 g/mol. The summed E-state index contributed by atoms with van der Waals surface area (Å²) in [6, 6.07) is 0.399. The molecule has 0 spiro atoms. The summed E-state index contributed by atoms with van der Waals surface area (Å²) in [5.74, 6) is 0.110. The van der Waals surface area contributed by atoms with Crippen molar-refractivity contribution in [3.63, 3.8) is 0 Å². The summed E-state index contributed by atoms with van der Waals surface area (Å²) in [6.07, 6.45) is 3.58. The summed E-state index contributed by atoms with van der Waals surface area (Å²) < 4.78 is 9.89. The summed E-state index contributed by atoms with van der Waals surface area (Å²) in [5, 5.41) is 6.80. The topological polar surface area (TPSA) is 51.1 Å². The predicted octanol–water partition coefficient (Wildman–Crippen LogP) is 2.06. The predicted molar refractivity (Wildman–Crippen MR) is 75.1 cm³/mol. The molecule has 1 saturated heterocycles. The monoisotopic (exact) mass is 270 g/mol. The second-order valence-corrected chi connectivity index (χ2v) is 5.34. The first-order chi connectivity index (χ1) is 9.06. The van der Waals surface area contributed by atoms with Crippen LogP contribution in [0.15, 0.2) is 5.10 Å². The molecule has 0 aromatic carbocycles. The van der Waals surface area contributed by atoms with E-state index in [1.807, 2.05) is 13.8 Å². The number of esters is 1. The average Bonchev–Trinajstić information content (AvgIpc) is 2.76. The van der Waals surface area contributed by atoms with Gasteiger partial charge in [0.25, 0.3) is 0 Å². The Balaban J connectivity index is 2.44. The Kier molecular flexibility index (Phi) is 6.84. The van der Waals surface area contributed by atoms with Crippen LogP contribution in [0.1, 0.15) is 39.5 Å². The van der Waals surface area contributed by atoms with Crippen molar-refractivity contribution in [2.24, 2.45) is 11.0 Å². The normalized spacial score (nSPS) is 21.6. The number of hydrogen-bond acceptors (Lipinski definition) is 5. The van der Waals surface area contributed by atoms with Crippen LogP contribution in [0.25, 0.3) is 0 Å². The van der Waals surface area contributed by atoms with Gasteiger partial charge in [-0.05, 0) is 32.1 Å². The molecule has 1 rings (SSSR count). The third-order valence-electron chi connectivity index (χ3n) is 3.39. The molecule has 1 aliphatic heterocycles. The zero-order valence-corrected chi connectivity index (χ0v) is 12.5. The molecule has 0 radical (unpaired) electrons. The number of rotatable bonds is 7. The minimum absolute atomic E-state index is 0.154. The highest BCUT2D eigenvalue weighted by molar-refractivity contribution is 5.82. The summed E-state index contributed by atoms with van der Waals surface area (Å²) in [6.45, 7) is 5.80. The number of carbonyl (C=O) groups excluding carboxylic acids is 1. The lowest BCUT2D eigenvalue weighted by Crippen LogP contribution is -2.29. The second-order valence-electron chi connectivity index (χ2n) is 5.34. The van der Waals surface area contributed by atoms with Crippen molar-refractivity contribution in [2.45, 2.75) is 45.6 Å². The Morgan fingerprint density at radius 1 is 1.42 bits per heavy atom. The van der Waals surface area contributed by atoms with Crippen LogP contribution in [-0.4, -0.2) is 50.1 Å². The SMILES string of the molecule is COC[C@@H]1CCCN1/N=C(/C)C[C@@H](C)CC(=O)OC. The molecule has 19 heavy (non-hydrogen) atoms. The van der Waals surface area contributed by atoms with Crippen molar-refractivity contribution in [3.8, 4) is 0 Å². The molecule has 0 saturated carbocycles. The first-order valence-electron chi connectivity index (χ1n) is 6.93. The van der Waals surface area contributed by atoms with Crippen LogP contribution >= 0.6 is 0 Å². The molecule has 1 fully saturated rings. The molecule has 0 N–H and O–H groups in total. The Morgan fingerprint density at radius 3 is 2.79 bits per heavy atom. The first-order valence-corrected chi connectivity index (χ1v) is 6.93. The van der Waals surface area contributed by atoms with Crippen LogP contribution in [0.2, 0.25) is 0 Å². The minimum atomic E-state index is -0.154. The van der Waals surface area contributed by atoms with Gasteiger partial charge in [-0.15, -0.1) is 0 Å². The van der Waals surface area contributed by atoms with E-state index in [2.05, 4.69) is 14.8 Å². The Morgan fingerprint density at radius 2 is 2.16 bits per heavy atom. The molecule has 0 aromatic heterocycles. The molecule has 1 heterocycles. The van der Waals surface area contributed by atoms with Crippen LogP contribution < -0.4 is 0 Å². The van der Waals surface area contributed by atoms with E-state index in [4.69, 9.17) is 4.74 Å². The largest absolute Gasteiger partial charge is 0.469 e. The van der Waals surface area contributed by atoms with E-state index in [9.17, 15) is 4.79 Å². The van der Waals surface area contributed by atoms with Crippen LogP contribution in [0.5, 0.6) is 0 Å².